The molecule has 0 saturated carbocycles. The molecule has 3 aromatic carbocycles. The van der Waals surface area contributed by atoms with E-state index in [2.05, 4.69) is 20.9 Å². The van der Waals surface area contributed by atoms with Gasteiger partial charge in [-0.3, -0.25) is 14.5 Å². The lowest BCUT2D eigenvalue weighted by molar-refractivity contribution is -0.142. The Kier molecular flexibility index (Phi) is 10.5. The zero-order valence-corrected chi connectivity index (χ0v) is 24.4. The van der Waals surface area contributed by atoms with Crippen LogP contribution in [0.1, 0.15) is 34.7 Å². The van der Waals surface area contributed by atoms with Crippen LogP contribution in [0.4, 0.5) is 11.4 Å². The molecule has 0 spiro atoms. The van der Waals surface area contributed by atoms with Gasteiger partial charge in [0.1, 0.15) is 17.8 Å². The molecule has 12 heteroatoms. The summed E-state index contributed by atoms with van der Waals surface area (Å²) in [7, 11) is 3.40. The minimum atomic E-state index is -1.15. The Morgan fingerprint density at radius 2 is 1.68 bits per heavy atom. The monoisotopic (exact) mass is 598 g/mol. The second-order valence-electron chi connectivity index (χ2n) is 10.4. The average Bonchev–Trinajstić information content (AvgIpc) is 3.00. The Balaban J connectivity index is 1.46. The zero-order valence-electron chi connectivity index (χ0n) is 24.4. The number of guanidine groups is 1. The fraction of sp³-hybridized carbons (Fsp3) is 0.281. The molecule has 1 aliphatic heterocycles. The number of fused-ring (bicyclic) bond motifs is 1. The highest BCUT2D eigenvalue weighted by atomic mass is 16.5. The SMILES string of the molecule is COc1ccc(NC(=NC#N)Nc2ccc3c(c2)CCN(C)C3C(=O)NC(Cc2ccc(CCC(=O)O)cc2)C(=O)O)cc1. The maximum atomic E-state index is 13.5. The average molecular weight is 599 g/mol. The normalized spacial score (nSPS) is 15.3. The summed E-state index contributed by atoms with van der Waals surface area (Å²) < 4.78 is 5.18. The van der Waals surface area contributed by atoms with E-state index in [0.717, 1.165) is 16.7 Å². The van der Waals surface area contributed by atoms with E-state index < -0.39 is 29.9 Å². The fourth-order valence-corrected chi connectivity index (χ4v) is 5.04. The van der Waals surface area contributed by atoms with Gasteiger partial charge in [-0.25, -0.2) is 4.79 Å². The molecule has 1 aliphatic rings. The van der Waals surface area contributed by atoms with Crippen LogP contribution in [-0.4, -0.2) is 65.7 Å². The Labute approximate surface area is 255 Å². The van der Waals surface area contributed by atoms with E-state index in [1.165, 1.54) is 0 Å². The number of amides is 1. The predicted octanol–water partition coefficient (Wildman–Crippen LogP) is 3.41. The number of carbonyl (C=O) groups excluding carboxylic acids is 1. The summed E-state index contributed by atoms with van der Waals surface area (Å²) in [5.74, 6) is -1.55. The van der Waals surface area contributed by atoms with E-state index in [0.29, 0.717) is 42.1 Å². The summed E-state index contributed by atoms with van der Waals surface area (Å²) in [6.07, 6.45) is 2.92. The van der Waals surface area contributed by atoms with E-state index in [4.69, 9.17) is 9.84 Å². The molecule has 44 heavy (non-hydrogen) atoms. The van der Waals surface area contributed by atoms with Gasteiger partial charge in [-0.15, -0.1) is 4.99 Å². The number of ether oxygens (including phenoxy) is 1. The maximum Gasteiger partial charge on any atom is 0.326 e. The number of nitrogens with one attached hydrogen (secondary N) is 3. The molecule has 2 unspecified atom stereocenters. The van der Waals surface area contributed by atoms with Crippen molar-refractivity contribution in [2.24, 2.45) is 4.99 Å². The summed E-state index contributed by atoms with van der Waals surface area (Å²) in [5.41, 5.74) is 4.59. The molecule has 1 amide bonds. The number of aliphatic carboxylic acids is 2. The van der Waals surface area contributed by atoms with Crippen molar-refractivity contribution in [2.45, 2.75) is 37.8 Å². The molecule has 3 aromatic rings. The highest BCUT2D eigenvalue weighted by Crippen LogP contribution is 2.31. The van der Waals surface area contributed by atoms with Crippen molar-refractivity contribution >= 4 is 35.2 Å². The molecular formula is C32H34N6O6. The smallest absolute Gasteiger partial charge is 0.326 e. The van der Waals surface area contributed by atoms with Crippen LogP contribution in [-0.2, 0) is 33.6 Å². The predicted molar refractivity (Wildman–Crippen MR) is 164 cm³/mol. The third-order valence-corrected chi connectivity index (χ3v) is 7.34. The standard InChI is InChI=1S/C32H34N6O6/c1-38-16-15-22-18-24(36-32(34-19-33)35-23-8-11-25(44-2)12-9-23)10-13-26(22)29(38)30(41)37-27(31(42)43)17-21-5-3-20(4-6-21)7-14-28(39)40/h3-6,8-13,18,27,29H,7,14-17H2,1-2H3,(H,37,41)(H,39,40)(H,42,43)(H2,34,35,36). The number of hydrogen-bond donors (Lipinski definition) is 5. The van der Waals surface area contributed by atoms with Crippen molar-refractivity contribution < 1.29 is 29.3 Å². The number of carboxylic acids is 2. The summed E-state index contributed by atoms with van der Waals surface area (Å²) in [6.45, 7) is 0.577. The first-order valence-corrected chi connectivity index (χ1v) is 14.0. The summed E-state index contributed by atoms with van der Waals surface area (Å²) >= 11 is 0. The quantitative estimate of drug-likeness (QED) is 0.125. The topological polar surface area (TPSA) is 176 Å². The van der Waals surface area contributed by atoms with Gasteiger partial charge in [-0.05, 0) is 78.5 Å². The van der Waals surface area contributed by atoms with Gasteiger partial charge in [0, 0.05) is 30.8 Å². The largest absolute Gasteiger partial charge is 0.497 e. The van der Waals surface area contributed by atoms with E-state index >= 15 is 0 Å². The summed E-state index contributed by atoms with van der Waals surface area (Å²) in [4.78, 5) is 42.2. The molecule has 2 atom stereocenters. The van der Waals surface area contributed by atoms with E-state index in [9.17, 15) is 24.8 Å². The number of hydrogen-bond acceptors (Lipinski definition) is 7. The zero-order chi connectivity index (χ0) is 31.6. The van der Waals surface area contributed by atoms with Crippen LogP contribution in [0.5, 0.6) is 5.75 Å². The van der Waals surface area contributed by atoms with Gasteiger partial charge >= 0.3 is 11.9 Å². The Morgan fingerprint density at radius 3 is 2.32 bits per heavy atom. The minimum absolute atomic E-state index is 0.0102. The van der Waals surface area contributed by atoms with E-state index in [1.54, 1.807) is 67.9 Å². The third-order valence-electron chi connectivity index (χ3n) is 7.34. The molecule has 228 valence electrons. The molecule has 0 aliphatic carbocycles. The van der Waals surface area contributed by atoms with Gasteiger partial charge < -0.3 is 30.9 Å². The van der Waals surface area contributed by atoms with Crippen LogP contribution in [0.3, 0.4) is 0 Å². The van der Waals surface area contributed by atoms with Gasteiger partial charge in [0.25, 0.3) is 0 Å². The molecule has 5 N–H and O–H groups in total. The number of nitriles is 1. The first kappa shape index (κ1) is 31.5. The molecule has 0 bridgehead atoms. The van der Waals surface area contributed by atoms with Crippen LogP contribution < -0.4 is 20.7 Å². The Hall–Kier alpha value is -5.41. The lowest BCUT2D eigenvalue weighted by Gasteiger charge is -2.34. The van der Waals surface area contributed by atoms with E-state index in [-0.39, 0.29) is 18.8 Å². The molecule has 0 aromatic heterocycles. The highest BCUT2D eigenvalue weighted by molar-refractivity contribution is 6.04. The van der Waals surface area contributed by atoms with Crippen molar-refractivity contribution in [3.8, 4) is 11.9 Å². The van der Waals surface area contributed by atoms with Crippen molar-refractivity contribution in [1.82, 2.24) is 10.2 Å². The molecule has 0 fully saturated rings. The lowest BCUT2D eigenvalue weighted by atomic mass is 9.91. The van der Waals surface area contributed by atoms with Crippen molar-refractivity contribution in [3.63, 3.8) is 0 Å². The number of nitrogens with zero attached hydrogens (tertiary/aromatic N) is 3. The second-order valence-corrected chi connectivity index (χ2v) is 10.4. The van der Waals surface area contributed by atoms with Gasteiger partial charge in [-0.1, -0.05) is 30.3 Å². The number of rotatable bonds is 11. The van der Waals surface area contributed by atoms with Crippen LogP contribution in [0.2, 0.25) is 0 Å². The maximum absolute atomic E-state index is 13.5. The first-order valence-electron chi connectivity index (χ1n) is 14.0. The molecule has 0 radical (unpaired) electrons. The molecule has 4 rings (SSSR count). The number of aliphatic imine (C=N–C) groups is 1. The summed E-state index contributed by atoms with van der Waals surface area (Å²) in [5, 5.41) is 36.9. The Bertz CT molecular complexity index is 1570. The number of methoxy groups -OCH3 is 1. The highest BCUT2D eigenvalue weighted by Gasteiger charge is 2.33. The van der Waals surface area contributed by atoms with Crippen molar-refractivity contribution in [2.75, 3.05) is 31.3 Å². The molecular weight excluding hydrogens is 564 g/mol. The number of aryl methyl sites for hydroxylation is 1. The lowest BCUT2D eigenvalue weighted by Crippen LogP contribution is -2.49. The number of likely N-dealkylation sites (N-methyl/N-ethyl adjacent to an activating group) is 1. The van der Waals surface area contributed by atoms with Crippen molar-refractivity contribution in [3.05, 3.63) is 89.0 Å². The first-order chi connectivity index (χ1) is 21.2. The number of benzene rings is 3. The number of carboxylic acid groups (broad SMARTS) is 2. The van der Waals surface area contributed by atoms with Gasteiger partial charge in [0.15, 0.2) is 0 Å². The van der Waals surface area contributed by atoms with E-state index in [1.807, 2.05) is 24.1 Å². The molecule has 1 heterocycles. The van der Waals surface area contributed by atoms with Crippen LogP contribution in [0.25, 0.3) is 0 Å². The van der Waals surface area contributed by atoms with Crippen molar-refractivity contribution in [1.29, 1.82) is 5.26 Å². The van der Waals surface area contributed by atoms with Gasteiger partial charge in [-0.2, -0.15) is 5.26 Å². The van der Waals surface area contributed by atoms with Crippen LogP contribution in [0, 0.1) is 11.5 Å². The third kappa shape index (κ3) is 8.33. The minimum Gasteiger partial charge on any atom is -0.497 e. The molecule has 0 saturated heterocycles. The Morgan fingerprint density at radius 1 is 1.02 bits per heavy atom. The van der Waals surface area contributed by atoms with Gasteiger partial charge in [0.2, 0.25) is 18.1 Å². The van der Waals surface area contributed by atoms with Gasteiger partial charge in [0.05, 0.1) is 7.11 Å². The molecule has 12 nitrogen and oxygen atoms in total. The summed E-state index contributed by atoms with van der Waals surface area (Å²) in [6, 6.07) is 17.8. The fourth-order valence-electron chi connectivity index (χ4n) is 5.04. The van der Waals surface area contributed by atoms with Crippen LogP contribution in [0.15, 0.2) is 71.7 Å². The number of anilines is 2. The van der Waals surface area contributed by atoms with Crippen LogP contribution >= 0.6 is 0 Å². The number of carbonyl (C=O) groups is 3. The second kappa shape index (κ2) is 14.7.